The molecule has 1 saturated heterocycles. The highest BCUT2D eigenvalue weighted by Gasteiger charge is 2.27. The summed E-state index contributed by atoms with van der Waals surface area (Å²) in [6, 6.07) is 14.0. The van der Waals surface area contributed by atoms with E-state index in [9.17, 15) is 9.90 Å². The van der Waals surface area contributed by atoms with Crippen LogP contribution in [0.5, 0.6) is 5.75 Å². The van der Waals surface area contributed by atoms with E-state index in [1.807, 2.05) is 29.2 Å². The van der Waals surface area contributed by atoms with Crippen LogP contribution in [0.4, 0.5) is 0 Å². The zero-order valence-corrected chi connectivity index (χ0v) is 14.5. The molecule has 4 rings (SSSR count). The van der Waals surface area contributed by atoms with Gasteiger partial charge in [0.1, 0.15) is 5.52 Å². The van der Waals surface area contributed by atoms with E-state index in [1.165, 1.54) is 5.56 Å². The fourth-order valence-corrected chi connectivity index (χ4v) is 3.70. The third-order valence-electron chi connectivity index (χ3n) is 5.00. The minimum atomic E-state index is -0.215. The molecule has 1 aromatic carbocycles. The molecule has 0 bridgehead atoms. The summed E-state index contributed by atoms with van der Waals surface area (Å²) in [6.07, 6.45) is 6.24. The lowest BCUT2D eigenvalue weighted by Gasteiger charge is -2.32. The van der Waals surface area contributed by atoms with Crippen LogP contribution in [0.25, 0.3) is 10.9 Å². The smallest absolute Gasteiger partial charge is 0.276 e. The van der Waals surface area contributed by atoms with Crippen molar-refractivity contribution in [3.63, 3.8) is 0 Å². The molecule has 3 aromatic rings. The van der Waals surface area contributed by atoms with Crippen LogP contribution in [0, 0.1) is 5.92 Å². The van der Waals surface area contributed by atoms with Gasteiger partial charge in [-0.2, -0.15) is 0 Å². The summed E-state index contributed by atoms with van der Waals surface area (Å²) in [5.74, 6) is 0.0851. The molecule has 1 amide bonds. The number of aromatic nitrogens is 2. The summed E-state index contributed by atoms with van der Waals surface area (Å²) >= 11 is 0. The second-order valence-corrected chi connectivity index (χ2v) is 6.85. The van der Waals surface area contributed by atoms with Crippen molar-refractivity contribution in [1.82, 2.24) is 14.9 Å². The number of fused-ring (bicyclic) bond motifs is 1. The molecule has 1 fully saturated rings. The quantitative estimate of drug-likeness (QED) is 0.788. The van der Waals surface area contributed by atoms with Gasteiger partial charge in [0.25, 0.3) is 5.91 Å². The van der Waals surface area contributed by atoms with Crippen molar-refractivity contribution in [2.24, 2.45) is 5.92 Å². The molecule has 0 spiro atoms. The molecule has 0 saturated carbocycles. The second-order valence-electron chi connectivity index (χ2n) is 6.85. The average Bonchev–Trinajstić information content (AvgIpc) is 2.69. The first kappa shape index (κ1) is 16.5. The van der Waals surface area contributed by atoms with Gasteiger partial charge in [-0.25, -0.2) is 4.98 Å². The predicted molar refractivity (Wildman–Crippen MR) is 100.0 cm³/mol. The van der Waals surface area contributed by atoms with Gasteiger partial charge in [0.15, 0.2) is 11.4 Å². The van der Waals surface area contributed by atoms with Crippen molar-refractivity contribution in [3.8, 4) is 5.75 Å². The Hall–Kier alpha value is -2.95. The van der Waals surface area contributed by atoms with Gasteiger partial charge >= 0.3 is 0 Å². The highest BCUT2D eigenvalue weighted by atomic mass is 16.3. The lowest BCUT2D eigenvalue weighted by molar-refractivity contribution is 0.0664. The van der Waals surface area contributed by atoms with Gasteiger partial charge in [-0.15, -0.1) is 0 Å². The van der Waals surface area contributed by atoms with Gasteiger partial charge in [-0.3, -0.25) is 9.78 Å². The molecule has 5 heteroatoms. The van der Waals surface area contributed by atoms with E-state index in [0.29, 0.717) is 24.5 Å². The maximum atomic E-state index is 12.9. The molecule has 1 aliphatic rings. The molecule has 26 heavy (non-hydrogen) atoms. The molecule has 1 unspecified atom stereocenters. The summed E-state index contributed by atoms with van der Waals surface area (Å²) in [7, 11) is 0. The van der Waals surface area contributed by atoms with E-state index in [0.717, 1.165) is 24.6 Å². The molecule has 0 radical (unpaired) electrons. The fraction of sp³-hybridized carbons (Fsp3) is 0.286. The third kappa shape index (κ3) is 3.25. The first-order valence-electron chi connectivity index (χ1n) is 8.98. The second kappa shape index (κ2) is 7.12. The van der Waals surface area contributed by atoms with Crippen LogP contribution in [0.15, 0.2) is 54.9 Å². The van der Waals surface area contributed by atoms with Crippen molar-refractivity contribution in [1.29, 1.82) is 0 Å². The van der Waals surface area contributed by atoms with Crippen molar-refractivity contribution in [2.75, 3.05) is 13.1 Å². The van der Waals surface area contributed by atoms with Crippen molar-refractivity contribution in [3.05, 3.63) is 66.1 Å². The Labute approximate surface area is 152 Å². The van der Waals surface area contributed by atoms with E-state index in [1.54, 1.807) is 18.5 Å². The molecular formula is C21H21N3O2. The van der Waals surface area contributed by atoms with E-state index < -0.39 is 0 Å². The largest absolute Gasteiger partial charge is 0.504 e. The van der Waals surface area contributed by atoms with Crippen molar-refractivity contribution in [2.45, 2.75) is 19.3 Å². The Kier molecular flexibility index (Phi) is 4.52. The van der Waals surface area contributed by atoms with E-state index in [-0.39, 0.29) is 17.4 Å². The molecule has 5 nitrogen and oxygen atoms in total. The fourth-order valence-electron chi connectivity index (χ4n) is 3.70. The number of hydrogen-bond donors (Lipinski definition) is 1. The standard InChI is InChI=1S/C21H21N3O2/c25-20-18-17(9-4-10-22-18)13-23-19(20)21(26)24-11-5-8-16(14-24)12-15-6-2-1-3-7-15/h1-4,6-7,9-10,13,16,25H,5,8,11-12,14H2. The maximum Gasteiger partial charge on any atom is 0.276 e. The molecule has 1 aliphatic heterocycles. The molecule has 0 aliphatic carbocycles. The number of nitrogens with zero attached hydrogens (tertiary/aromatic N) is 3. The van der Waals surface area contributed by atoms with Crippen molar-refractivity contribution >= 4 is 16.8 Å². The monoisotopic (exact) mass is 347 g/mol. The van der Waals surface area contributed by atoms with E-state index in [2.05, 4.69) is 22.1 Å². The zero-order chi connectivity index (χ0) is 17.9. The minimum Gasteiger partial charge on any atom is -0.504 e. The van der Waals surface area contributed by atoms with Gasteiger partial charge in [0.05, 0.1) is 0 Å². The predicted octanol–water partition coefficient (Wildman–Crippen LogP) is 3.43. The molecule has 3 heterocycles. The van der Waals surface area contributed by atoms with Gasteiger partial charge in [0, 0.05) is 30.9 Å². The molecule has 132 valence electrons. The van der Waals surface area contributed by atoms with Crippen LogP contribution >= 0.6 is 0 Å². The number of benzene rings is 1. The highest BCUT2D eigenvalue weighted by molar-refractivity contribution is 6.00. The Bertz CT molecular complexity index is 927. The third-order valence-corrected chi connectivity index (χ3v) is 5.00. The lowest BCUT2D eigenvalue weighted by atomic mass is 9.91. The van der Waals surface area contributed by atoms with Crippen LogP contribution in [0.2, 0.25) is 0 Å². The minimum absolute atomic E-state index is 0.0940. The number of piperidine rings is 1. The number of amides is 1. The van der Waals surface area contributed by atoms with Crippen LogP contribution in [0.3, 0.4) is 0 Å². The Morgan fingerprint density at radius 3 is 2.85 bits per heavy atom. The normalized spacial score (nSPS) is 17.4. The van der Waals surface area contributed by atoms with Gasteiger partial charge in [0.2, 0.25) is 0 Å². The first-order valence-corrected chi connectivity index (χ1v) is 8.98. The number of carbonyl (C=O) groups excluding carboxylic acids is 1. The van der Waals surface area contributed by atoms with E-state index >= 15 is 0 Å². The Balaban J connectivity index is 1.53. The summed E-state index contributed by atoms with van der Waals surface area (Å²) < 4.78 is 0. The number of likely N-dealkylation sites (tertiary alicyclic amines) is 1. The highest BCUT2D eigenvalue weighted by Crippen LogP contribution is 2.28. The maximum absolute atomic E-state index is 12.9. The lowest BCUT2D eigenvalue weighted by Crippen LogP contribution is -2.40. The van der Waals surface area contributed by atoms with Crippen molar-refractivity contribution < 1.29 is 9.90 Å². The van der Waals surface area contributed by atoms with Gasteiger partial charge < -0.3 is 10.0 Å². The van der Waals surface area contributed by atoms with Crippen LogP contribution < -0.4 is 0 Å². The summed E-state index contributed by atoms with van der Waals surface area (Å²) in [5, 5.41) is 11.2. The molecule has 1 N–H and O–H groups in total. The number of hydrogen-bond acceptors (Lipinski definition) is 4. The van der Waals surface area contributed by atoms with Crippen LogP contribution in [-0.4, -0.2) is 39.0 Å². The Morgan fingerprint density at radius 1 is 1.15 bits per heavy atom. The topological polar surface area (TPSA) is 66.3 Å². The van der Waals surface area contributed by atoms with Crippen LogP contribution in [-0.2, 0) is 6.42 Å². The summed E-state index contributed by atoms with van der Waals surface area (Å²) in [4.78, 5) is 23.1. The number of rotatable bonds is 3. The van der Waals surface area contributed by atoms with Gasteiger partial charge in [-0.1, -0.05) is 30.3 Å². The van der Waals surface area contributed by atoms with Gasteiger partial charge in [-0.05, 0) is 42.9 Å². The number of carbonyl (C=O) groups is 1. The van der Waals surface area contributed by atoms with E-state index in [4.69, 9.17) is 0 Å². The Morgan fingerprint density at radius 2 is 2.00 bits per heavy atom. The SMILES string of the molecule is O=C(c1ncc2cccnc2c1O)N1CCCC(Cc2ccccc2)C1. The molecule has 2 aromatic heterocycles. The molecular weight excluding hydrogens is 326 g/mol. The summed E-state index contributed by atoms with van der Waals surface area (Å²) in [5.41, 5.74) is 1.81. The molecule has 1 atom stereocenters. The zero-order valence-electron chi connectivity index (χ0n) is 14.5. The average molecular weight is 347 g/mol. The number of pyridine rings is 2. The summed E-state index contributed by atoms with van der Waals surface area (Å²) in [6.45, 7) is 1.39. The number of aromatic hydroxyl groups is 1. The first-order chi connectivity index (χ1) is 12.7. The van der Waals surface area contributed by atoms with Crippen LogP contribution in [0.1, 0.15) is 28.9 Å².